The van der Waals surface area contributed by atoms with E-state index in [1.54, 1.807) is 23.9 Å². The fourth-order valence-corrected chi connectivity index (χ4v) is 8.81. The number of halogens is 2. The maximum atomic E-state index is 13.7. The first-order valence-corrected chi connectivity index (χ1v) is 16.3. The van der Waals surface area contributed by atoms with Gasteiger partial charge in [-0.05, 0) is 0 Å². The molecule has 0 bridgehead atoms. The molecule has 1 unspecified atom stereocenters. The summed E-state index contributed by atoms with van der Waals surface area (Å²) in [6.45, 7) is 5.74. The number of nitrogens with zero attached hydrogens (tertiary/aromatic N) is 1. The fraction of sp³-hybridized carbons (Fsp3) is 0.176. The molecule has 0 spiro atoms. The molecule has 5 rings (SSSR count). The van der Waals surface area contributed by atoms with Crippen LogP contribution in [0.1, 0.15) is 32.1 Å². The standard InChI is InChI=1S/C34H29ClFNO3SSe/c1-20-4-8-25(9-5-20)34-37-22(3)33(42-34)31(41-27-13-15-30(21(2)16-27)40-19-32(38)39)17-23-6-10-24(11-7-23)26-12-14-29(36)28(35)18-26/h4-16,18,31H,17,19H2,1-3H3,(H,38,39). The van der Waals surface area contributed by atoms with Crippen LogP contribution in [0.15, 0.2) is 89.8 Å². The summed E-state index contributed by atoms with van der Waals surface area (Å²) >= 11 is 7.88. The minimum absolute atomic E-state index is 0.0708. The third-order valence-corrected chi connectivity index (χ3v) is 11.4. The van der Waals surface area contributed by atoms with E-state index in [1.165, 1.54) is 21.6 Å². The van der Waals surface area contributed by atoms with Crippen molar-refractivity contribution < 1.29 is 19.0 Å². The molecule has 0 aliphatic carbocycles. The van der Waals surface area contributed by atoms with Gasteiger partial charge in [0.1, 0.15) is 0 Å². The third kappa shape index (κ3) is 7.34. The maximum absolute atomic E-state index is 13.7. The van der Waals surface area contributed by atoms with Crippen LogP contribution in [-0.2, 0) is 11.2 Å². The molecular formula is C34H29ClFNO3SSe. The molecule has 0 amide bonds. The third-order valence-electron chi connectivity index (χ3n) is 6.83. The number of hydrogen-bond acceptors (Lipinski definition) is 4. The van der Waals surface area contributed by atoms with Gasteiger partial charge in [0.05, 0.1) is 0 Å². The van der Waals surface area contributed by atoms with Crippen LogP contribution in [0.2, 0.25) is 5.02 Å². The van der Waals surface area contributed by atoms with E-state index in [1.807, 2.05) is 19.1 Å². The van der Waals surface area contributed by atoms with Gasteiger partial charge >= 0.3 is 261 Å². The number of aliphatic carboxylic acids is 1. The van der Waals surface area contributed by atoms with Crippen LogP contribution in [0, 0.1) is 26.6 Å². The molecule has 1 atom stereocenters. The van der Waals surface area contributed by atoms with E-state index in [9.17, 15) is 9.18 Å². The van der Waals surface area contributed by atoms with Gasteiger partial charge in [0.15, 0.2) is 0 Å². The molecule has 1 N–H and O–H groups in total. The molecule has 4 aromatic carbocycles. The van der Waals surface area contributed by atoms with Crippen LogP contribution in [0.25, 0.3) is 21.3 Å². The van der Waals surface area contributed by atoms with E-state index in [2.05, 4.69) is 68.4 Å². The Morgan fingerprint density at radius 3 is 2.31 bits per heavy atom. The van der Waals surface area contributed by atoms with Crippen molar-refractivity contribution in [2.75, 3.05) is 6.61 Å². The van der Waals surface area contributed by atoms with Crippen molar-refractivity contribution >= 4 is 43.8 Å². The number of thioether (sulfide) groups is 1. The van der Waals surface area contributed by atoms with Crippen molar-refractivity contribution in [2.24, 2.45) is 0 Å². The molecule has 8 heteroatoms. The summed E-state index contributed by atoms with van der Waals surface area (Å²) in [7, 11) is 0. The van der Waals surface area contributed by atoms with Gasteiger partial charge in [-0.25, -0.2) is 0 Å². The van der Waals surface area contributed by atoms with E-state index < -0.39 is 11.8 Å². The Morgan fingerprint density at radius 2 is 1.64 bits per heavy atom. The molecule has 0 fully saturated rings. The van der Waals surface area contributed by atoms with E-state index in [0.29, 0.717) is 5.75 Å². The van der Waals surface area contributed by atoms with Gasteiger partial charge in [0, 0.05) is 0 Å². The van der Waals surface area contributed by atoms with Crippen LogP contribution in [0.4, 0.5) is 4.39 Å². The number of carbonyl (C=O) groups is 1. The second-order valence-corrected chi connectivity index (χ2v) is 13.9. The molecule has 1 heterocycles. The predicted molar refractivity (Wildman–Crippen MR) is 170 cm³/mol. The van der Waals surface area contributed by atoms with E-state index in [0.717, 1.165) is 43.8 Å². The normalized spacial score (nSPS) is 11.8. The number of benzene rings is 4. The van der Waals surface area contributed by atoms with Gasteiger partial charge in [-0.3, -0.25) is 0 Å². The Bertz CT molecular complexity index is 1720. The van der Waals surface area contributed by atoms with E-state index >= 15 is 0 Å². The van der Waals surface area contributed by atoms with Gasteiger partial charge in [0.2, 0.25) is 0 Å². The zero-order valence-electron chi connectivity index (χ0n) is 23.4. The molecule has 0 aliphatic rings. The molecule has 0 saturated heterocycles. The van der Waals surface area contributed by atoms with Gasteiger partial charge in [-0.1, -0.05) is 0 Å². The summed E-state index contributed by atoms with van der Waals surface area (Å²) in [5.74, 6) is -0.861. The average molecular weight is 665 g/mol. The summed E-state index contributed by atoms with van der Waals surface area (Å²) in [6.07, 6.45) is 0.802. The Labute approximate surface area is 260 Å². The Hall–Kier alpha value is -3.35. The zero-order valence-corrected chi connectivity index (χ0v) is 26.6. The van der Waals surface area contributed by atoms with Crippen molar-refractivity contribution in [1.82, 2.24) is 4.98 Å². The van der Waals surface area contributed by atoms with Gasteiger partial charge in [0.25, 0.3) is 0 Å². The number of carboxylic acids is 1. The molecule has 42 heavy (non-hydrogen) atoms. The summed E-state index contributed by atoms with van der Waals surface area (Å²) in [4.78, 5) is 17.0. The molecule has 1 aromatic heterocycles. The van der Waals surface area contributed by atoms with Crippen LogP contribution in [0.5, 0.6) is 5.75 Å². The van der Waals surface area contributed by atoms with Crippen LogP contribution in [0.3, 0.4) is 0 Å². The van der Waals surface area contributed by atoms with Crippen LogP contribution in [-0.4, -0.2) is 37.2 Å². The van der Waals surface area contributed by atoms with Crippen molar-refractivity contribution in [3.05, 3.63) is 123 Å². The summed E-state index contributed by atoms with van der Waals surface area (Å²) in [5.41, 5.74) is 7.37. The van der Waals surface area contributed by atoms with E-state index in [-0.39, 0.29) is 31.4 Å². The second-order valence-electron chi connectivity index (χ2n) is 10.1. The van der Waals surface area contributed by atoms with Crippen molar-refractivity contribution in [2.45, 2.75) is 37.3 Å². The molecule has 4 nitrogen and oxygen atoms in total. The monoisotopic (exact) mass is 665 g/mol. The fourth-order valence-electron chi connectivity index (χ4n) is 4.60. The summed E-state index contributed by atoms with van der Waals surface area (Å²) < 4.78 is 21.6. The molecule has 214 valence electrons. The molecule has 0 radical (unpaired) electrons. The van der Waals surface area contributed by atoms with Gasteiger partial charge < -0.3 is 0 Å². The van der Waals surface area contributed by atoms with Gasteiger partial charge in [-0.2, -0.15) is 0 Å². The first-order valence-electron chi connectivity index (χ1n) is 13.4. The van der Waals surface area contributed by atoms with Crippen LogP contribution >= 0.6 is 23.4 Å². The number of carboxylic acid groups (broad SMARTS) is 1. The number of aryl methyl sites for hydroxylation is 3. The van der Waals surface area contributed by atoms with Crippen molar-refractivity contribution in [3.8, 4) is 27.0 Å². The first-order chi connectivity index (χ1) is 20.2. The molecular weight excluding hydrogens is 636 g/mol. The van der Waals surface area contributed by atoms with Gasteiger partial charge in [-0.15, -0.1) is 0 Å². The molecule has 5 aromatic rings. The number of rotatable bonds is 10. The second kappa shape index (κ2) is 13.3. The number of aromatic nitrogens is 1. The van der Waals surface area contributed by atoms with Crippen molar-refractivity contribution in [1.29, 1.82) is 0 Å². The topological polar surface area (TPSA) is 59.4 Å². The zero-order chi connectivity index (χ0) is 29.8. The van der Waals surface area contributed by atoms with E-state index in [4.69, 9.17) is 26.4 Å². The predicted octanol–water partition coefficient (Wildman–Crippen LogP) is 8.73. The minimum atomic E-state index is -1.00. The Kier molecular flexibility index (Phi) is 9.54. The SMILES string of the molecule is Cc1ccc(-c2nc(C)c(C(Cc3ccc(-c4ccc(F)c(Cl)c4)cc3)Sc3ccc(OCC(=O)O)c(C)c3)[se]2)cc1. The van der Waals surface area contributed by atoms with Crippen molar-refractivity contribution in [3.63, 3.8) is 0 Å². The summed E-state index contributed by atoms with van der Waals surface area (Å²) in [6, 6.07) is 27.5. The quantitative estimate of drug-likeness (QED) is 0.120. The average Bonchev–Trinajstić information content (AvgIpc) is 3.36. The molecule has 0 saturated carbocycles. The number of hydrogen-bond donors (Lipinski definition) is 1. The Morgan fingerprint density at radius 1 is 0.952 bits per heavy atom. The number of ether oxygens (including phenoxy) is 1. The first kappa shape index (κ1) is 30.1. The Balaban J connectivity index is 1.44. The summed E-state index contributed by atoms with van der Waals surface area (Å²) in [5, 5.41) is 9.24. The van der Waals surface area contributed by atoms with Crippen LogP contribution < -0.4 is 4.74 Å². The molecule has 0 aliphatic heterocycles.